The lowest BCUT2D eigenvalue weighted by molar-refractivity contribution is -0.140. The van der Waals surface area contributed by atoms with Crippen LogP contribution in [-0.2, 0) is 26.2 Å². The summed E-state index contributed by atoms with van der Waals surface area (Å²) in [7, 11) is -1.14. The molecule has 3 aromatic rings. The summed E-state index contributed by atoms with van der Waals surface area (Å²) in [6.07, 6.45) is 0.329. The number of likely N-dealkylation sites (N-methyl/N-ethyl adjacent to an activating group) is 1. The van der Waals surface area contributed by atoms with Gasteiger partial charge in [-0.2, -0.15) is 0 Å². The molecule has 0 saturated carbocycles. The number of rotatable bonds is 13. The first-order valence-electron chi connectivity index (χ1n) is 13.1. The number of hydrogen-bond donors (Lipinski definition) is 1. The maximum Gasteiger partial charge on any atom is 0.264 e. The van der Waals surface area contributed by atoms with E-state index < -0.39 is 28.5 Å². The summed E-state index contributed by atoms with van der Waals surface area (Å²) in [4.78, 5) is 28.4. The van der Waals surface area contributed by atoms with Crippen LogP contribution in [0, 0.1) is 6.92 Å². The van der Waals surface area contributed by atoms with Crippen molar-refractivity contribution in [2.75, 3.05) is 31.6 Å². The van der Waals surface area contributed by atoms with Crippen LogP contribution in [0.1, 0.15) is 31.4 Å². The van der Waals surface area contributed by atoms with Crippen molar-refractivity contribution in [1.29, 1.82) is 0 Å². The van der Waals surface area contributed by atoms with Gasteiger partial charge in [0.1, 0.15) is 24.1 Å². The quantitative estimate of drug-likeness (QED) is 0.333. The molecule has 3 aromatic carbocycles. The van der Waals surface area contributed by atoms with Crippen molar-refractivity contribution < 1.29 is 27.5 Å². The molecule has 0 spiro atoms. The molecule has 0 saturated heterocycles. The van der Waals surface area contributed by atoms with Crippen LogP contribution in [0.15, 0.2) is 77.7 Å². The zero-order valence-electron chi connectivity index (χ0n) is 23.6. The first-order chi connectivity index (χ1) is 19.2. The lowest BCUT2D eigenvalue weighted by Gasteiger charge is -2.33. The Morgan fingerprint density at radius 2 is 1.68 bits per heavy atom. The van der Waals surface area contributed by atoms with Crippen molar-refractivity contribution in [3.05, 3.63) is 83.9 Å². The Morgan fingerprint density at radius 1 is 0.975 bits per heavy atom. The second-order valence-electron chi connectivity index (χ2n) is 9.14. The number of hydrogen-bond acceptors (Lipinski definition) is 6. The molecule has 0 aliphatic heterocycles. The Kier molecular flexibility index (Phi) is 10.6. The van der Waals surface area contributed by atoms with Crippen molar-refractivity contribution in [3.8, 4) is 11.5 Å². The molecule has 0 unspecified atom stereocenters. The van der Waals surface area contributed by atoms with Crippen molar-refractivity contribution in [3.63, 3.8) is 0 Å². The number of carbonyl (C=O) groups excluding carboxylic acids is 2. The number of anilines is 1. The number of amides is 2. The minimum Gasteiger partial charge on any atom is -0.497 e. The largest absolute Gasteiger partial charge is 0.497 e. The Balaban J connectivity index is 2.11. The second kappa shape index (κ2) is 13.8. The number of aryl methyl sites for hydroxylation is 1. The molecule has 0 heterocycles. The number of benzene rings is 3. The van der Waals surface area contributed by atoms with Crippen LogP contribution in [0.5, 0.6) is 11.5 Å². The number of carbonyl (C=O) groups is 2. The Morgan fingerprint density at radius 3 is 2.30 bits per heavy atom. The van der Waals surface area contributed by atoms with E-state index in [1.54, 1.807) is 75.6 Å². The van der Waals surface area contributed by atoms with Gasteiger partial charge in [0.25, 0.3) is 10.0 Å². The van der Waals surface area contributed by atoms with Gasteiger partial charge >= 0.3 is 0 Å². The molecule has 214 valence electrons. The number of methoxy groups -OCH3 is 1. The van der Waals surface area contributed by atoms with Crippen LogP contribution >= 0.6 is 0 Å². The van der Waals surface area contributed by atoms with Gasteiger partial charge < -0.3 is 19.7 Å². The third-order valence-corrected chi connectivity index (χ3v) is 8.21. The van der Waals surface area contributed by atoms with Crippen LogP contribution in [0.2, 0.25) is 0 Å². The minimum absolute atomic E-state index is 0.0369. The van der Waals surface area contributed by atoms with E-state index in [2.05, 4.69) is 5.32 Å². The highest BCUT2D eigenvalue weighted by Gasteiger charge is 2.34. The number of ether oxygens (including phenoxy) is 2. The Bertz CT molecular complexity index is 1410. The van der Waals surface area contributed by atoms with E-state index >= 15 is 0 Å². The predicted octanol–water partition coefficient (Wildman–Crippen LogP) is 4.15. The zero-order valence-corrected chi connectivity index (χ0v) is 24.4. The fourth-order valence-electron chi connectivity index (χ4n) is 4.35. The van der Waals surface area contributed by atoms with E-state index in [0.717, 1.165) is 15.4 Å². The van der Waals surface area contributed by atoms with Crippen molar-refractivity contribution in [2.24, 2.45) is 0 Å². The van der Waals surface area contributed by atoms with E-state index in [0.29, 0.717) is 24.5 Å². The molecule has 0 radical (unpaired) electrons. The maximum atomic E-state index is 14.1. The average molecular weight is 568 g/mol. The third kappa shape index (κ3) is 7.12. The van der Waals surface area contributed by atoms with Gasteiger partial charge in [-0.25, -0.2) is 8.42 Å². The van der Waals surface area contributed by atoms with Gasteiger partial charge in [-0.15, -0.1) is 0 Å². The molecule has 10 heteroatoms. The number of nitrogens with zero attached hydrogens (tertiary/aromatic N) is 2. The summed E-state index contributed by atoms with van der Waals surface area (Å²) in [5.74, 6) is 0.0416. The molecule has 40 heavy (non-hydrogen) atoms. The highest BCUT2D eigenvalue weighted by molar-refractivity contribution is 7.92. The highest BCUT2D eigenvalue weighted by Crippen LogP contribution is 2.33. The van der Waals surface area contributed by atoms with Crippen LogP contribution in [0.4, 0.5) is 5.69 Å². The van der Waals surface area contributed by atoms with Gasteiger partial charge in [0.2, 0.25) is 11.8 Å². The number of nitrogens with one attached hydrogen (secondary N) is 1. The molecule has 0 aliphatic carbocycles. The second-order valence-corrected chi connectivity index (χ2v) is 11.0. The van der Waals surface area contributed by atoms with Crippen LogP contribution < -0.4 is 19.1 Å². The SMILES string of the molecule is CCOc1ccccc1N(CC(=O)N(Cc1cccc(OC)c1)[C@H](CC)C(=O)NC)S(=O)(=O)c1ccc(C)cc1. The molecule has 0 aliphatic rings. The van der Waals surface area contributed by atoms with E-state index in [-0.39, 0.29) is 23.0 Å². The fraction of sp³-hybridized carbons (Fsp3) is 0.333. The van der Waals surface area contributed by atoms with E-state index in [1.165, 1.54) is 24.1 Å². The molecular weight excluding hydrogens is 530 g/mol. The smallest absolute Gasteiger partial charge is 0.264 e. The number of para-hydroxylation sites is 2. The summed E-state index contributed by atoms with van der Waals surface area (Å²) in [5.41, 5.74) is 1.86. The first-order valence-corrected chi connectivity index (χ1v) is 14.5. The topological polar surface area (TPSA) is 105 Å². The predicted molar refractivity (Wildman–Crippen MR) is 155 cm³/mol. The van der Waals surface area contributed by atoms with Crippen LogP contribution in [0.25, 0.3) is 0 Å². The molecule has 1 N–H and O–H groups in total. The lowest BCUT2D eigenvalue weighted by Crippen LogP contribution is -2.51. The first kappa shape index (κ1) is 30.5. The molecule has 0 fully saturated rings. The minimum atomic E-state index is -4.20. The zero-order chi connectivity index (χ0) is 29.3. The van der Waals surface area contributed by atoms with Gasteiger partial charge in [-0.1, -0.05) is 48.9 Å². The maximum absolute atomic E-state index is 14.1. The van der Waals surface area contributed by atoms with Gasteiger partial charge in [0.05, 0.1) is 24.3 Å². The summed E-state index contributed by atoms with van der Waals surface area (Å²) < 4.78 is 40.2. The highest BCUT2D eigenvalue weighted by atomic mass is 32.2. The summed E-state index contributed by atoms with van der Waals surface area (Å²) in [6.45, 7) is 5.30. The Labute approximate surface area is 236 Å². The molecule has 0 bridgehead atoms. The third-order valence-electron chi connectivity index (χ3n) is 6.44. The van der Waals surface area contributed by atoms with Gasteiger partial charge in [0, 0.05) is 13.6 Å². The molecule has 9 nitrogen and oxygen atoms in total. The summed E-state index contributed by atoms with van der Waals surface area (Å²) in [5, 5.41) is 2.62. The molecule has 0 aromatic heterocycles. The molecular formula is C30H37N3O6S. The standard InChI is InChI=1S/C30H37N3O6S/c1-6-26(30(35)31-4)32(20-23-11-10-12-24(19-23)38-5)29(34)21-33(27-13-8-9-14-28(27)39-7-2)40(36,37)25-17-15-22(3)16-18-25/h8-19,26H,6-7,20-21H2,1-5H3,(H,31,35)/t26-/m1/s1. The van der Waals surface area contributed by atoms with Crippen LogP contribution in [-0.4, -0.2) is 58.5 Å². The van der Waals surface area contributed by atoms with Crippen molar-refractivity contribution in [1.82, 2.24) is 10.2 Å². The molecule has 2 amide bonds. The van der Waals surface area contributed by atoms with Gasteiger partial charge in [-0.05, 0) is 62.2 Å². The van der Waals surface area contributed by atoms with Crippen molar-refractivity contribution in [2.45, 2.75) is 44.7 Å². The van der Waals surface area contributed by atoms with Crippen molar-refractivity contribution >= 4 is 27.5 Å². The lowest BCUT2D eigenvalue weighted by atomic mass is 10.1. The average Bonchev–Trinajstić information content (AvgIpc) is 2.96. The van der Waals surface area contributed by atoms with Crippen LogP contribution in [0.3, 0.4) is 0 Å². The Hall–Kier alpha value is -4.05. The monoisotopic (exact) mass is 567 g/mol. The van der Waals surface area contributed by atoms with Gasteiger partial charge in [0.15, 0.2) is 0 Å². The van der Waals surface area contributed by atoms with Gasteiger partial charge in [-0.3, -0.25) is 13.9 Å². The number of sulfonamides is 1. The normalized spacial score (nSPS) is 11.8. The fourth-order valence-corrected chi connectivity index (χ4v) is 5.77. The van der Waals surface area contributed by atoms with E-state index in [1.807, 2.05) is 13.0 Å². The summed E-state index contributed by atoms with van der Waals surface area (Å²) >= 11 is 0. The van der Waals surface area contributed by atoms with E-state index in [4.69, 9.17) is 9.47 Å². The summed E-state index contributed by atoms with van der Waals surface area (Å²) in [6, 6.07) is 19.5. The molecule has 3 rings (SSSR count). The van der Waals surface area contributed by atoms with E-state index in [9.17, 15) is 18.0 Å². The molecule has 1 atom stereocenters.